The summed E-state index contributed by atoms with van der Waals surface area (Å²) in [5.41, 5.74) is 1.32. The van der Waals surface area contributed by atoms with E-state index in [4.69, 9.17) is 0 Å². The van der Waals surface area contributed by atoms with Crippen LogP contribution in [0.25, 0.3) is 0 Å². The van der Waals surface area contributed by atoms with Gasteiger partial charge in [-0.15, -0.1) is 0 Å². The average Bonchev–Trinajstić information content (AvgIpc) is 2.34. The van der Waals surface area contributed by atoms with Crippen LogP contribution in [0.1, 0.15) is 26.3 Å². The highest BCUT2D eigenvalue weighted by atomic mass is 14.0. The summed E-state index contributed by atoms with van der Waals surface area (Å²) in [6.07, 6.45) is 10.5. The molecular formula is C16H23. The molecule has 1 aromatic rings. The molecule has 0 saturated heterocycles. The van der Waals surface area contributed by atoms with Crippen molar-refractivity contribution in [3.63, 3.8) is 0 Å². The van der Waals surface area contributed by atoms with E-state index in [1.165, 1.54) is 5.56 Å². The smallest absolute Gasteiger partial charge is 0.0101 e. The van der Waals surface area contributed by atoms with E-state index < -0.39 is 0 Å². The van der Waals surface area contributed by atoms with E-state index in [9.17, 15) is 0 Å². The molecule has 0 heterocycles. The second-order valence-corrected chi connectivity index (χ2v) is 3.48. The Morgan fingerprint density at radius 2 is 1.50 bits per heavy atom. The van der Waals surface area contributed by atoms with Gasteiger partial charge in [-0.1, -0.05) is 81.0 Å². The van der Waals surface area contributed by atoms with Gasteiger partial charge in [0.2, 0.25) is 0 Å². The molecule has 1 unspecified atom stereocenters. The Morgan fingerprint density at radius 1 is 0.875 bits per heavy atom. The predicted molar refractivity (Wildman–Crippen MR) is 74.3 cm³/mol. The van der Waals surface area contributed by atoms with Gasteiger partial charge in [0, 0.05) is 0 Å². The highest BCUT2D eigenvalue weighted by Crippen LogP contribution is 2.07. The van der Waals surface area contributed by atoms with Crippen molar-refractivity contribution in [3.8, 4) is 0 Å². The molecule has 0 fully saturated rings. The van der Waals surface area contributed by atoms with Crippen molar-refractivity contribution in [2.24, 2.45) is 5.92 Å². The topological polar surface area (TPSA) is 0 Å². The van der Waals surface area contributed by atoms with Crippen molar-refractivity contribution in [1.29, 1.82) is 0 Å². The van der Waals surface area contributed by atoms with Gasteiger partial charge < -0.3 is 0 Å². The number of allylic oxidation sites excluding steroid dienone is 4. The highest BCUT2D eigenvalue weighted by Gasteiger charge is 1.93. The van der Waals surface area contributed by atoms with Gasteiger partial charge in [0.05, 0.1) is 0 Å². The first-order chi connectivity index (χ1) is 7.79. The van der Waals surface area contributed by atoms with Crippen molar-refractivity contribution < 1.29 is 0 Å². The Kier molecular flexibility index (Phi) is 9.39. The lowest BCUT2D eigenvalue weighted by molar-refractivity contribution is 0.877. The lowest BCUT2D eigenvalue weighted by Gasteiger charge is -2.01. The molecule has 16 heavy (non-hydrogen) atoms. The molecule has 0 saturated carbocycles. The molecule has 0 heteroatoms. The van der Waals surface area contributed by atoms with E-state index in [-0.39, 0.29) is 0 Å². The maximum atomic E-state index is 2.17. The highest BCUT2D eigenvalue weighted by molar-refractivity contribution is 5.17. The molecule has 87 valence electrons. The Labute approximate surface area is 101 Å². The molecular weight excluding hydrogens is 192 g/mol. The standard InChI is InChI=1S/C7H9.C7H8.C2H6/c2*1-7-5-3-2-4-6-7;1-2/h2-7H,1H3;2-6H,1H3;1-2H3. The van der Waals surface area contributed by atoms with Crippen molar-refractivity contribution in [2.45, 2.75) is 27.7 Å². The van der Waals surface area contributed by atoms with Crippen LogP contribution >= 0.6 is 0 Å². The summed E-state index contributed by atoms with van der Waals surface area (Å²) in [6, 6.07) is 10.3. The first-order valence-electron chi connectivity index (χ1n) is 5.99. The fourth-order valence-corrected chi connectivity index (χ4v) is 1.14. The van der Waals surface area contributed by atoms with Crippen LogP contribution in [0.2, 0.25) is 0 Å². The van der Waals surface area contributed by atoms with Crippen molar-refractivity contribution >= 4 is 0 Å². The zero-order valence-corrected chi connectivity index (χ0v) is 10.9. The summed E-state index contributed by atoms with van der Waals surface area (Å²) < 4.78 is 0. The summed E-state index contributed by atoms with van der Waals surface area (Å²) >= 11 is 0. The van der Waals surface area contributed by atoms with Crippen LogP contribution in [0.5, 0.6) is 0 Å². The maximum Gasteiger partial charge on any atom is -0.0101 e. The third-order valence-corrected chi connectivity index (χ3v) is 1.99. The fourth-order valence-electron chi connectivity index (χ4n) is 1.14. The predicted octanol–water partition coefficient (Wildman–Crippen LogP) is 4.97. The third-order valence-electron chi connectivity index (χ3n) is 1.99. The van der Waals surface area contributed by atoms with Gasteiger partial charge in [-0.2, -0.15) is 0 Å². The molecule has 0 spiro atoms. The second-order valence-electron chi connectivity index (χ2n) is 3.48. The van der Waals surface area contributed by atoms with E-state index in [1.54, 1.807) is 0 Å². The van der Waals surface area contributed by atoms with E-state index in [0.29, 0.717) is 5.92 Å². The Balaban J connectivity index is 0.000000244. The molecule has 1 aliphatic carbocycles. The maximum absolute atomic E-state index is 2.17. The number of rotatable bonds is 0. The monoisotopic (exact) mass is 215 g/mol. The summed E-state index contributed by atoms with van der Waals surface area (Å²) in [5.74, 6) is 0.644. The first kappa shape index (κ1) is 14.7. The molecule has 0 aromatic heterocycles. The normalized spacial score (nSPS) is 16.6. The molecule has 0 bridgehead atoms. The van der Waals surface area contributed by atoms with Gasteiger partial charge in [0.1, 0.15) is 0 Å². The minimum absolute atomic E-state index is 0.644. The van der Waals surface area contributed by atoms with Gasteiger partial charge in [-0.3, -0.25) is 0 Å². The minimum Gasteiger partial charge on any atom is -0.0811 e. The zero-order valence-electron chi connectivity index (χ0n) is 10.9. The molecule has 1 aromatic carbocycles. The lowest BCUT2D eigenvalue weighted by Crippen LogP contribution is -1.88. The Morgan fingerprint density at radius 3 is 1.75 bits per heavy atom. The van der Waals surface area contributed by atoms with Crippen molar-refractivity contribution in [2.75, 3.05) is 0 Å². The van der Waals surface area contributed by atoms with Crippen LogP contribution in [0, 0.1) is 19.3 Å². The van der Waals surface area contributed by atoms with Crippen LogP contribution < -0.4 is 0 Å². The number of hydrogen-bond acceptors (Lipinski definition) is 0. The quantitative estimate of drug-likeness (QED) is 0.573. The molecule has 2 rings (SSSR count). The zero-order chi connectivity index (χ0) is 12.2. The average molecular weight is 215 g/mol. The Hall–Kier alpha value is -1.30. The van der Waals surface area contributed by atoms with Gasteiger partial charge in [0.25, 0.3) is 0 Å². The number of hydrogen-bond donors (Lipinski definition) is 0. The third kappa shape index (κ3) is 8.05. The van der Waals surface area contributed by atoms with Crippen LogP contribution in [0.4, 0.5) is 0 Å². The summed E-state index contributed by atoms with van der Waals surface area (Å²) in [4.78, 5) is 0. The van der Waals surface area contributed by atoms with Gasteiger partial charge in [-0.05, 0) is 19.3 Å². The molecule has 1 radical (unpaired) electrons. The largest absolute Gasteiger partial charge is 0.0811 e. The van der Waals surface area contributed by atoms with Crippen molar-refractivity contribution in [1.82, 2.24) is 0 Å². The van der Waals surface area contributed by atoms with E-state index in [2.05, 4.69) is 50.6 Å². The molecule has 0 amide bonds. The molecule has 0 nitrogen and oxygen atoms in total. The van der Waals surface area contributed by atoms with Gasteiger partial charge in [0.15, 0.2) is 0 Å². The Bertz CT molecular complexity index is 293. The minimum atomic E-state index is 0.644. The fraction of sp³-hybridized carbons (Fsp3) is 0.312. The van der Waals surface area contributed by atoms with Crippen molar-refractivity contribution in [3.05, 3.63) is 66.6 Å². The van der Waals surface area contributed by atoms with Crippen LogP contribution in [-0.4, -0.2) is 0 Å². The molecule has 1 atom stereocenters. The van der Waals surface area contributed by atoms with E-state index in [0.717, 1.165) is 0 Å². The van der Waals surface area contributed by atoms with E-state index in [1.807, 2.05) is 38.1 Å². The molecule has 0 aliphatic heterocycles. The lowest BCUT2D eigenvalue weighted by atomic mass is 10.0. The SMILES string of the molecule is CC.CC1[CH]C=CC=C1.Cc1ccccc1. The number of aryl methyl sites for hydroxylation is 1. The van der Waals surface area contributed by atoms with Crippen LogP contribution in [0.3, 0.4) is 0 Å². The molecule has 1 aliphatic rings. The van der Waals surface area contributed by atoms with Crippen LogP contribution in [-0.2, 0) is 0 Å². The van der Waals surface area contributed by atoms with Crippen LogP contribution in [0.15, 0.2) is 54.6 Å². The number of benzene rings is 1. The second kappa shape index (κ2) is 10.2. The van der Waals surface area contributed by atoms with Gasteiger partial charge >= 0.3 is 0 Å². The summed E-state index contributed by atoms with van der Waals surface area (Å²) in [7, 11) is 0. The van der Waals surface area contributed by atoms with Gasteiger partial charge in [-0.25, -0.2) is 0 Å². The van der Waals surface area contributed by atoms with E-state index >= 15 is 0 Å². The summed E-state index contributed by atoms with van der Waals surface area (Å²) in [5, 5.41) is 0. The first-order valence-corrected chi connectivity index (χ1v) is 5.99. The molecule has 0 N–H and O–H groups in total. The summed E-state index contributed by atoms with van der Waals surface area (Å²) in [6.45, 7) is 8.25.